The van der Waals surface area contributed by atoms with Gasteiger partial charge in [0.05, 0.1) is 38.9 Å². The Balaban J connectivity index is 1.03. The lowest BCUT2D eigenvalue weighted by Crippen LogP contribution is -2.29. The highest BCUT2D eigenvalue weighted by molar-refractivity contribution is 6.10. The molecular formula is C73H46N4. The van der Waals surface area contributed by atoms with Crippen molar-refractivity contribution in [2.45, 2.75) is 5.41 Å². The molecular weight excluding hydrogens is 933 g/mol. The Morgan fingerprint density at radius 3 is 1.08 bits per heavy atom. The molecule has 15 rings (SSSR count). The van der Waals surface area contributed by atoms with Crippen LogP contribution in [0.1, 0.15) is 22.3 Å². The van der Waals surface area contributed by atoms with Gasteiger partial charge in [-0.05, 0) is 126 Å². The number of fused-ring (bicyclic) bond motifs is 9. The highest BCUT2D eigenvalue weighted by Gasteiger charge is 2.47. The average molecular weight is 979 g/mol. The molecule has 358 valence electrons. The quantitative estimate of drug-likeness (QED) is 0.142. The topological polar surface area (TPSA) is 51.6 Å². The second kappa shape index (κ2) is 18.0. The van der Waals surface area contributed by atoms with E-state index in [0.29, 0.717) is 0 Å². The highest BCUT2D eigenvalue weighted by Crippen LogP contribution is 2.58. The maximum Gasteiger partial charge on any atom is 0.0978 e. The van der Waals surface area contributed by atoms with Crippen LogP contribution in [-0.2, 0) is 5.41 Å². The van der Waals surface area contributed by atoms with Gasteiger partial charge in [-0.25, -0.2) is 9.97 Å². The van der Waals surface area contributed by atoms with Crippen LogP contribution in [0.3, 0.4) is 0 Å². The summed E-state index contributed by atoms with van der Waals surface area (Å²) >= 11 is 0. The van der Waals surface area contributed by atoms with Crippen molar-refractivity contribution in [1.82, 2.24) is 19.9 Å². The van der Waals surface area contributed by atoms with Gasteiger partial charge in [0.1, 0.15) is 0 Å². The molecule has 0 atom stereocenters. The molecule has 4 nitrogen and oxygen atoms in total. The third kappa shape index (κ3) is 7.29. The Morgan fingerprint density at radius 1 is 0.247 bits per heavy atom. The van der Waals surface area contributed by atoms with Gasteiger partial charge in [0.15, 0.2) is 0 Å². The van der Waals surface area contributed by atoms with Gasteiger partial charge in [-0.1, -0.05) is 218 Å². The second-order valence-electron chi connectivity index (χ2n) is 20.1. The van der Waals surface area contributed by atoms with Gasteiger partial charge in [0.2, 0.25) is 0 Å². The lowest BCUT2D eigenvalue weighted by atomic mass is 9.66. The average Bonchev–Trinajstić information content (AvgIpc) is 4.04. The summed E-state index contributed by atoms with van der Waals surface area (Å²) in [6.07, 6.45) is 3.74. The van der Waals surface area contributed by atoms with Crippen molar-refractivity contribution in [3.05, 3.63) is 302 Å². The summed E-state index contributed by atoms with van der Waals surface area (Å²) in [6, 6.07) is 96.8. The van der Waals surface area contributed by atoms with Crippen molar-refractivity contribution in [3.8, 4) is 78.1 Å². The zero-order chi connectivity index (χ0) is 50.9. The molecule has 1 aliphatic rings. The number of nitrogens with zero attached hydrogens (tertiary/aromatic N) is 4. The molecule has 0 bridgehead atoms. The summed E-state index contributed by atoms with van der Waals surface area (Å²) in [5, 5.41) is 4.25. The van der Waals surface area contributed by atoms with E-state index < -0.39 is 5.41 Å². The first-order chi connectivity index (χ1) is 38.2. The van der Waals surface area contributed by atoms with E-state index in [1.165, 1.54) is 22.3 Å². The van der Waals surface area contributed by atoms with Crippen LogP contribution in [0.5, 0.6) is 0 Å². The summed E-state index contributed by atoms with van der Waals surface area (Å²) < 4.78 is 0. The molecule has 0 saturated carbocycles. The number of pyridine rings is 4. The summed E-state index contributed by atoms with van der Waals surface area (Å²) in [6.45, 7) is 0. The Bertz CT molecular complexity index is 4310. The van der Waals surface area contributed by atoms with E-state index in [0.717, 1.165) is 122 Å². The minimum atomic E-state index is -0.826. The van der Waals surface area contributed by atoms with Crippen LogP contribution in [0.2, 0.25) is 0 Å². The van der Waals surface area contributed by atoms with Gasteiger partial charge < -0.3 is 0 Å². The van der Waals surface area contributed by atoms with Gasteiger partial charge in [-0.2, -0.15) is 0 Å². The van der Waals surface area contributed by atoms with Gasteiger partial charge >= 0.3 is 0 Å². The van der Waals surface area contributed by atoms with Crippen molar-refractivity contribution < 1.29 is 0 Å². The van der Waals surface area contributed by atoms with E-state index in [2.05, 4.69) is 255 Å². The lowest BCUT2D eigenvalue weighted by molar-refractivity contribution is 0.769. The van der Waals surface area contributed by atoms with Crippen LogP contribution in [0.15, 0.2) is 279 Å². The van der Waals surface area contributed by atoms with Crippen molar-refractivity contribution in [2.75, 3.05) is 0 Å². The molecule has 0 spiro atoms. The van der Waals surface area contributed by atoms with Crippen LogP contribution in [0.25, 0.3) is 122 Å². The van der Waals surface area contributed by atoms with Crippen molar-refractivity contribution in [2.24, 2.45) is 0 Å². The van der Waals surface area contributed by atoms with E-state index >= 15 is 0 Å². The number of hydrogen-bond donors (Lipinski definition) is 0. The van der Waals surface area contributed by atoms with Gasteiger partial charge in [0, 0.05) is 45.1 Å². The maximum atomic E-state index is 5.58. The maximum absolute atomic E-state index is 5.58. The van der Waals surface area contributed by atoms with Crippen molar-refractivity contribution >= 4 is 43.6 Å². The Kier molecular flexibility index (Phi) is 10.4. The molecule has 77 heavy (non-hydrogen) atoms. The number of rotatable bonds is 8. The molecule has 0 aliphatic heterocycles. The summed E-state index contributed by atoms with van der Waals surface area (Å²) in [4.78, 5) is 21.0. The number of aromatic nitrogens is 4. The second-order valence-corrected chi connectivity index (χ2v) is 20.1. The predicted molar refractivity (Wildman–Crippen MR) is 318 cm³/mol. The molecule has 1 aliphatic carbocycles. The van der Waals surface area contributed by atoms with E-state index in [9.17, 15) is 0 Å². The van der Waals surface area contributed by atoms with E-state index in [1.807, 2.05) is 24.5 Å². The first-order valence-electron chi connectivity index (χ1n) is 26.3. The normalized spacial score (nSPS) is 12.5. The molecule has 0 saturated heterocycles. The summed E-state index contributed by atoms with van der Waals surface area (Å²) in [5.41, 5.74) is 22.7. The third-order valence-electron chi connectivity index (χ3n) is 15.8. The highest BCUT2D eigenvalue weighted by atomic mass is 14.8. The van der Waals surface area contributed by atoms with Gasteiger partial charge in [-0.15, -0.1) is 0 Å². The molecule has 0 amide bonds. The van der Waals surface area contributed by atoms with Crippen LogP contribution in [-0.4, -0.2) is 19.9 Å². The first kappa shape index (κ1) is 44.3. The van der Waals surface area contributed by atoms with E-state index in [4.69, 9.17) is 19.9 Å². The SMILES string of the molecule is c1ccc(-c2ccc3c(c2)C(c2cccc(-c4cc(-c5ccccc5)c5ccc6cccnc6c5n4)c2)(c2cccc(-c4cc(-c5ccccc5)c5ccc6cccnc6c5n4)c2)c2cc(-c4ccccc4)ccc2-3)cc1. The van der Waals surface area contributed by atoms with Crippen LogP contribution in [0.4, 0.5) is 0 Å². The minimum Gasteiger partial charge on any atom is -0.254 e. The van der Waals surface area contributed by atoms with Crippen molar-refractivity contribution in [3.63, 3.8) is 0 Å². The molecule has 4 heteroatoms. The molecule has 0 unspecified atom stereocenters. The molecule has 0 fully saturated rings. The number of hydrogen-bond acceptors (Lipinski definition) is 4. The first-order valence-corrected chi connectivity index (χ1v) is 26.3. The fourth-order valence-electron chi connectivity index (χ4n) is 12.2. The zero-order valence-corrected chi connectivity index (χ0v) is 41.8. The van der Waals surface area contributed by atoms with Gasteiger partial charge in [0.25, 0.3) is 0 Å². The number of benzene rings is 10. The molecule has 0 radical (unpaired) electrons. The Hall–Kier alpha value is -10.2. The molecule has 0 N–H and O–H groups in total. The minimum absolute atomic E-state index is 0.826. The predicted octanol–water partition coefficient (Wildman–Crippen LogP) is 18.2. The van der Waals surface area contributed by atoms with Crippen LogP contribution >= 0.6 is 0 Å². The Morgan fingerprint density at radius 2 is 0.649 bits per heavy atom. The van der Waals surface area contributed by atoms with Crippen LogP contribution in [0, 0.1) is 0 Å². The fourth-order valence-corrected chi connectivity index (χ4v) is 12.2. The molecule has 4 heterocycles. The summed E-state index contributed by atoms with van der Waals surface area (Å²) in [5.74, 6) is 0. The molecule has 4 aromatic heterocycles. The zero-order valence-electron chi connectivity index (χ0n) is 41.8. The third-order valence-corrected chi connectivity index (χ3v) is 15.8. The lowest BCUT2D eigenvalue weighted by Gasteiger charge is -2.35. The standard InChI is InChI=1S/C73H46N4/c1-5-17-47(18-6-1)53-33-35-59-60-36-34-54(48-19-7-2-8-20-48)44-66(60)73(65(59)43-53,57-29-13-25-55(41-57)67-45-63(49-21-9-3-10-22-49)61-37-31-51-27-15-39-74-69(51)71(61)76-67)58-30-14-26-56(42-58)68-46-64(50-23-11-4-12-24-50)62-38-32-52-28-16-40-75-70(52)72(62)77-68/h1-46H. The fraction of sp³-hybridized carbons (Fsp3) is 0.0137. The molecule has 14 aromatic rings. The van der Waals surface area contributed by atoms with E-state index in [-0.39, 0.29) is 0 Å². The largest absolute Gasteiger partial charge is 0.254 e. The smallest absolute Gasteiger partial charge is 0.0978 e. The van der Waals surface area contributed by atoms with Gasteiger partial charge in [-0.3, -0.25) is 9.97 Å². The summed E-state index contributed by atoms with van der Waals surface area (Å²) in [7, 11) is 0. The monoisotopic (exact) mass is 978 g/mol. The van der Waals surface area contributed by atoms with Crippen LogP contribution < -0.4 is 0 Å². The van der Waals surface area contributed by atoms with Crippen molar-refractivity contribution in [1.29, 1.82) is 0 Å². The molecule has 10 aromatic carbocycles. The van der Waals surface area contributed by atoms with E-state index in [1.54, 1.807) is 0 Å². The Labute approximate surface area is 446 Å².